The van der Waals surface area contributed by atoms with Crippen LogP contribution in [-0.4, -0.2) is 36.6 Å². The SMILES string of the molecule is NCCC(=O)NC1CCN(c2ccc(C(F)(F)F)cn2)CC1. The molecule has 5 nitrogen and oxygen atoms in total. The van der Waals surface area contributed by atoms with Crippen LogP contribution in [0.5, 0.6) is 0 Å². The molecule has 1 aliphatic rings. The smallest absolute Gasteiger partial charge is 0.356 e. The van der Waals surface area contributed by atoms with Gasteiger partial charge in [-0.3, -0.25) is 4.79 Å². The van der Waals surface area contributed by atoms with E-state index < -0.39 is 11.7 Å². The van der Waals surface area contributed by atoms with Crippen molar-refractivity contribution in [2.45, 2.75) is 31.5 Å². The van der Waals surface area contributed by atoms with E-state index in [-0.39, 0.29) is 11.9 Å². The number of pyridine rings is 1. The predicted octanol–water partition coefficient (Wildman–Crippen LogP) is 1.53. The standard InChI is InChI=1S/C14H19F3N4O/c15-14(16,17)10-1-2-12(19-9-10)21-7-4-11(5-8-21)20-13(22)3-6-18/h1-2,9,11H,3-8,18H2,(H,20,22). The van der Waals surface area contributed by atoms with Crippen molar-refractivity contribution < 1.29 is 18.0 Å². The zero-order valence-electron chi connectivity index (χ0n) is 12.1. The zero-order chi connectivity index (χ0) is 16.2. The minimum Gasteiger partial charge on any atom is -0.356 e. The first-order valence-corrected chi connectivity index (χ1v) is 7.18. The molecule has 1 amide bonds. The van der Waals surface area contributed by atoms with E-state index in [0.717, 1.165) is 25.1 Å². The van der Waals surface area contributed by atoms with Gasteiger partial charge in [0, 0.05) is 38.3 Å². The second-order valence-corrected chi connectivity index (χ2v) is 5.27. The molecule has 2 heterocycles. The number of halogens is 3. The lowest BCUT2D eigenvalue weighted by Crippen LogP contribution is -2.45. The Hall–Kier alpha value is -1.83. The third-order valence-electron chi connectivity index (χ3n) is 3.63. The third-order valence-corrected chi connectivity index (χ3v) is 3.63. The lowest BCUT2D eigenvalue weighted by Gasteiger charge is -2.33. The Bertz CT molecular complexity index is 496. The van der Waals surface area contributed by atoms with Crippen molar-refractivity contribution in [2.24, 2.45) is 5.73 Å². The number of piperidine rings is 1. The van der Waals surface area contributed by atoms with Gasteiger partial charge in [-0.25, -0.2) is 4.98 Å². The van der Waals surface area contributed by atoms with Crippen molar-refractivity contribution in [2.75, 3.05) is 24.5 Å². The Morgan fingerprint density at radius 3 is 2.55 bits per heavy atom. The summed E-state index contributed by atoms with van der Waals surface area (Å²) >= 11 is 0. The maximum Gasteiger partial charge on any atom is 0.417 e. The van der Waals surface area contributed by atoms with Crippen molar-refractivity contribution in [3.63, 3.8) is 0 Å². The summed E-state index contributed by atoms with van der Waals surface area (Å²) < 4.78 is 37.5. The van der Waals surface area contributed by atoms with Gasteiger partial charge < -0.3 is 16.0 Å². The summed E-state index contributed by atoms with van der Waals surface area (Å²) in [6.07, 6.45) is -1.74. The minimum absolute atomic E-state index is 0.0615. The van der Waals surface area contributed by atoms with E-state index in [1.54, 1.807) is 0 Å². The second-order valence-electron chi connectivity index (χ2n) is 5.27. The minimum atomic E-state index is -4.37. The molecule has 22 heavy (non-hydrogen) atoms. The number of carbonyl (C=O) groups excluding carboxylic acids is 1. The van der Waals surface area contributed by atoms with Crippen LogP contribution < -0.4 is 16.0 Å². The lowest BCUT2D eigenvalue weighted by atomic mass is 10.0. The summed E-state index contributed by atoms with van der Waals surface area (Å²) in [7, 11) is 0. The second kappa shape index (κ2) is 6.95. The fraction of sp³-hybridized carbons (Fsp3) is 0.571. The van der Waals surface area contributed by atoms with Gasteiger partial charge in [0.05, 0.1) is 5.56 Å². The van der Waals surface area contributed by atoms with Crippen molar-refractivity contribution >= 4 is 11.7 Å². The normalized spacial score (nSPS) is 16.6. The summed E-state index contributed by atoms with van der Waals surface area (Å²) in [6.45, 7) is 1.61. The van der Waals surface area contributed by atoms with Gasteiger partial charge in [0.1, 0.15) is 5.82 Å². The van der Waals surface area contributed by atoms with Crippen LogP contribution in [0.3, 0.4) is 0 Å². The van der Waals surface area contributed by atoms with Crippen molar-refractivity contribution in [3.8, 4) is 0 Å². The highest BCUT2D eigenvalue weighted by Crippen LogP contribution is 2.29. The predicted molar refractivity (Wildman–Crippen MR) is 76.3 cm³/mol. The van der Waals surface area contributed by atoms with E-state index in [2.05, 4.69) is 10.3 Å². The van der Waals surface area contributed by atoms with Crippen LogP contribution in [0.1, 0.15) is 24.8 Å². The molecule has 0 bridgehead atoms. The Morgan fingerprint density at radius 2 is 2.05 bits per heavy atom. The molecule has 0 aliphatic carbocycles. The first-order valence-electron chi connectivity index (χ1n) is 7.18. The molecule has 1 aromatic rings. The van der Waals surface area contributed by atoms with Crippen LogP contribution >= 0.6 is 0 Å². The molecule has 8 heteroatoms. The summed E-state index contributed by atoms with van der Waals surface area (Å²) in [5.74, 6) is 0.466. The van der Waals surface area contributed by atoms with Gasteiger partial charge in [0.15, 0.2) is 0 Å². The maximum absolute atomic E-state index is 12.5. The fourth-order valence-corrected chi connectivity index (χ4v) is 2.42. The van der Waals surface area contributed by atoms with Gasteiger partial charge in [-0.1, -0.05) is 0 Å². The molecule has 0 spiro atoms. The van der Waals surface area contributed by atoms with Gasteiger partial charge >= 0.3 is 6.18 Å². The van der Waals surface area contributed by atoms with Crippen LogP contribution in [0.4, 0.5) is 19.0 Å². The van der Waals surface area contributed by atoms with Gasteiger partial charge in [-0.15, -0.1) is 0 Å². The molecular formula is C14H19F3N4O. The van der Waals surface area contributed by atoms with E-state index >= 15 is 0 Å². The molecular weight excluding hydrogens is 297 g/mol. The van der Waals surface area contributed by atoms with Crippen LogP contribution in [0.25, 0.3) is 0 Å². The molecule has 122 valence electrons. The number of nitrogens with one attached hydrogen (secondary N) is 1. The molecule has 2 rings (SSSR count). The van der Waals surface area contributed by atoms with Crippen LogP contribution in [0.15, 0.2) is 18.3 Å². The van der Waals surface area contributed by atoms with Crippen molar-refractivity contribution in [1.29, 1.82) is 0 Å². The summed E-state index contributed by atoms with van der Waals surface area (Å²) in [4.78, 5) is 17.3. The zero-order valence-corrected chi connectivity index (χ0v) is 12.1. The summed E-state index contributed by atoms with van der Waals surface area (Å²) in [5.41, 5.74) is 4.57. The Kier molecular flexibility index (Phi) is 5.23. The van der Waals surface area contributed by atoms with Crippen LogP contribution in [-0.2, 0) is 11.0 Å². The molecule has 3 N–H and O–H groups in total. The number of alkyl halides is 3. The van der Waals surface area contributed by atoms with E-state index in [1.165, 1.54) is 6.07 Å². The number of hydrogen-bond donors (Lipinski definition) is 2. The molecule has 0 saturated carbocycles. The van der Waals surface area contributed by atoms with Gasteiger partial charge in [0.2, 0.25) is 5.91 Å². The van der Waals surface area contributed by atoms with Crippen LogP contribution in [0.2, 0.25) is 0 Å². The fourth-order valence-electron chi connectivity index (χ4n) is 2.42. The number of amides is 1. The summed E-state index contributed by atoms with van der Waals surface area (Å²) in [5, 5.41) is 2.91. The average molecular weight is 316 g/mol. The van der Waals surface area contributed by atoms with Gasteiger partial charge in [-0.05, 0) is 25.0 Å². The van der Waals surface area contributed by atoms with Gasteiger partial charge in [0.25, 0.3) is 0 Å². The topological polar surface area (TPSA) is 71.2 Å². The quantitative estimate of drug-likeness (QED) is 0.884. The molecule has 1 aliphatic heterocycles. The molecule has 0 unspecified atom stereocenters. The van der Waals surface area contributed by atoms with E-state index in [1.807, 2.05) is 4.90 Å². The molecule has 1 fully saturated rings. The third kappa shape index (κ3) is 4.33. The van der Waals surface area contributed by atoms with Gasteiger partial charge in [-0.2, -0.15) is 13.2 Å². The number of hydrogen-bond acceptors (Lipinski definition) is 4. The molecule has 0 atom stereocenters. The Labute approximate surface area is 126 Å². The molecule has 0 radical (unpaired) electrons. The van der Waals surface area contributed by atoms with E-state index in [0.29, 0.717) is 31.9 Å². The first kappa shape index (κ1) is 16.5. The Balaban J connectivity index is 1.88. The lowest BCUT2D eigenvalue weighted by molar-refractivity contribution is -0.137. The highest BCUT2D eigenvalue weighted by Gasteiger charge is 2.31. The molecule has 1 aromatic heterocycles. The summed E-state index contributed by atoms with van der Waals surface area (Å²) in [6, 6.07) is 2.51. The van der Waals surface area contributed by atoms with Crippen LogP contribution in [0, 0.1) is 0 Å². The number of nitrogens with two attached hydrogens (primary N) is 1. The Morgan fingerprint density at radius 1 is 1.36 bits per heavy atom. The molecule has 1 saturated heterocycles. The van der Waals surface area contributed by atoms with E-state index in [9.17, 15) is 18.0 Å². The largest absolute Gasteiger partial charge is 0.417 e. The monoisotopic (exact) mass is 316 g/mol. The molecule has 0 aromatic carbocycles. The first-order chi connectivity index (χ1) is 10.4. The van der Waals surface area contributed by atoms with Crippen molar-refractivity contribution in [3.05, 3.63) is 23.9 Å². The number of carbonyl (C=O) groups is 1. The van der Waals surface area contributed by atoms with E-state index in [4.69, 9.17) is 5.73 Å². The highest BCUT2D eigenvalue weighted by atomic mass is 19.4. The van der Waals surface area contributed by atoms with Crippen molar-refractivity contribution in [1.82, 2.24) is 10.3 Å². The average Bonchev–Trinajstić information content (AvgIpc) is 2.47. The maximum atomic E-state index is 12.5. The highest BCUT2D eigenvalue weighted by molar-refractivity contribution is 5.76. The number of anilines is 1. The number of nitrogens with zero attached hydrogens (tertiary/aromatic N) is 2. The number of aromatic nitrogens is 1. The number of rotatable bonds is 4.